The fourth-order valence-corrected chi connectivity index (χ4v) is 0.947. The molecule has 0 aliphatic heterocycles. The van der Waals surface area contributed by atoms with Crippen LogP contribution in [0.2, 0.25) is 0 Å². The van der Waals surface area contributed by atoms with Crippen molar-refractivity contribution in [2.24, 2.45) is 0 Å². The molecule has 0 atom stereocenters. The predicted molar refractivity (Wildman–Crippen MR) is 51.7 cm³/mol. The zero-order valence-corrected chi connectivity index (χ0v) is 7.30. The number of aryl methyl sites for hydroxylation is 1. The van der Waals surface area contributed by atoms with Crippen molar-refractivity contribution in [1.29, 1.82) is 0 Å². The highest BCUT2D eigenvalue weighted by Crippen LogP contribution is 2.01. The summed E-state index contributed by atoms with van der Waals surface area (Å²) in [7, 11) is 0. The van der Waals surface area contributed by atoms with Gasteiger partial charge >= 0.3 is 0 Å². The van der Waals surface area contributed by atoms with Crippen molar-refractivity contribution < 1.29 is 0 Å². The average Bonchev–Trinajstić information content (AvgIpc) is 2.09. The molecule has 0 aliphatic rings. The molecule has 0 fully saturated rings. The summed E-state index contributed by atoms with van der Waals surface area (Å²) in [6.07, 6.45) is 1.72. The first-order chi connectivity index (χ1) is 5.83. The van der Waals surface area contributed by atoms with Crippen molar-refractivity contribution in [3.05, 3.63) is 53.9 Å². The average molecular weight is 159 g/mol. The van der Waals surface area contributed by atoms with Crippen molar-refractivity contribution in [2.45, 2.75) is 13.5 Å². The van der Waals surface area contributed by atoms with Gasteiger partial charge in [0.1, 0.15) is 0 Å². The number of rotatable bonds is 3. The second kappa shape index (κ2) is 4.42. The molecule has 0 amide bonds. The summed E-state index contributed by atoms with van der Waals surface area (Å²) in [6, 6.07) is 8.43. The third-order valence-corrected chi connectivity index (χ3v) is 1.63. The van der Waals surface area contributed by atoms with E-state index in [1.807, 2.05) is 0 Å². The van der Waals surface area contributed by atoms with Crippen molar-refractivity contribution >= 4 is 0 Å². The van der Waals surface area contributed by atoms with Crippen LogP contribution in [0.25, 0.3) is 0 Å². The highest BCUT2D eigenvalue weighted by atomic mass is 14.8. The maximum absolute atomic E-state index is 3.46. The van der Waals surface area contributed by atoms with Crippen molar-refractivity contribution in [1.82, 2.24) is 5.32 Å². The normalized spacial score (nSPS) is 8.75. The Balaban J connectivity index is 2.53. The van der Waals surface area contributed by atoms with Gasteiger partial charge in [0, 0.05) is 12.7 Å². The van der Waals surface area contributed by atoms with Gasteiger partial charge in [-0.25, -0.2) is 0 Å². The van der Waals surface area contributed by atoms with Crippen LogP contribution in [0.4, 0.5) is 0 Å². The van der Waals surface area contributed by atoms with E-state index >= 15 is 0 Å². The molecule has 0 heterocycles. The highest BCUT2D eigenvalue weighted by molar-refractivity contribution is 5.21. The van der Waals surface area contributed by atoms with Crippen molar-refractivity contribution in [3.8, 4) is 0 Å². The summed E-state index contributed by atoms with van der Waals surface area (Å²) in [5, 5.41) is 3.07. The van der Waals surface area contributed by atoms with Gasteiger partial charge in [-0.15, -0.1) is 5.73 Å². The number of nitrogens with one attached hydrogen (secondary N) is 1. The lowest BCUT2D eigenvalue weighted by Crippen LogP contribution is -2.03. The Morgan fingerprint density at radius 3 is 2.67 bits per heavy atom. The molecule has 0 aromatic heterocycles. The largest absolute Gasteiger partial charge is 0.381 e. The van der Waals surface area contributed by atoms with E-state index in [1.165, 1.54) is 11.1 Å². The van der Waals surface area contributed by atoms with E-state index in [0.717, 1.165) is 6.54 Å². The van der Waals surface area contributed by atoms with Gasteiger partial charge in [0.2, 0.25) is 0 Å². The van der Waals surface area contributed by atoms with Crippen LogP contribution in [-0.4, -0.2) is 0 Å². The van der Waals surface area contributed by atoms with Gasteiger partial charge in [-0.05, 0) is 12.5 Å². The smallest absolute Gasteiger partial charge is 0.0400 e. The molecule has 0 saturated heterocycles. The molecule has 1 heteroatoms. The standard InChI is InChI=1S/C11H13N/c1-3-8-12-9-11-6-4-10(2)5-7-11/h4-8,12H,1,9H2,2H3. The van der Waals surface area contributed by atoms with Crippen molar-refractivity contribution in [2.75, 3.05) is 0 Å². The lowest BCUT2D eigenvalue weighted by atomic mass is 10.1. The maximum atomic E-state index is 3.46. The van der Waals surface area contributed by atoms with Crippen LogP contribution < -0.4 is 5.32 Å². The molecular weight excluding hydrogens is 146 g/mol. The minimum atomic E-state index is 0.836. The number of hydrogen-bond donors (Lipinski definition) is 1. The first-order valence-electron chi connectivity index (χ1n) is 3.96. The van der Waals surface area contributed by atoms with Gasteiger partial charge in [0.25, 0.3) is 0 Å². The van der Waals surface area contributed by atoms with Gasteiger partial charge in [-0.1, -0.05) is 36.4 Å². The second-order valence-corrected chi connectivity index (χ2v) is 2.71. The summed E-state index contributed by atoms with van der Waals surface area (Å²) in [6.45, 7) is 6.38. The van der Waals surface area contributed by atoms with E-state index in [2.05, 4.69) is 48.8 Å². The van der Waals surface area contributed by atoms with Crippen LogP contribution in [0.15, 0.2) is 42.8 Å². The zero-order valence-electron chi connectivity index (χ0n) is 7.30. The molecule has 0 saturated carbocycles. The first kappa shape index (κ1) is 8.63. The molecule has 0 bridgehead atoms. The topological polar surface area (TPSA) is 12.0 Å². The van der Waals surface area contributed by atoms with E-state index in [1.54, 1.807) is 6.20 Å². The summed E-state index contributed by atoms with van der Waals surface area (Å²) in [5.41, 5.74) is 5.22. The molecule has 0 spiro atoms. The minimum absolute atomic E-state index is 0.836. The monoisotopic (exact) mass is 159 g/mol. The third kappa shape index (κ3) is 2.65. The van der Waals surface area contributed by atoms with Gasteiger partial charge in [-0.3, -0.25) is 0 Å². The van der Waals surface area contributed by atoms with E-state index in [9.17, 15) is 0 Å². The molecule has 1 aromatic rings. The Kier molecular flexibility index (Phi) is 3.18. The van der Waals surface area contributed by atoms with Crippen LogP contribution in [0.5, 0.6) is 0 Å². The quantitative estimate of drug-likeness (QED) is 0.668. The van der Waals surface area contributed by atoms with Gasteiger partial charge < -0.3 is 5.32 Å². The molecule has 0 unspecified atom stereocenters. The van der Waals surface area contributed by atoms with E-state index < -0.39 is 0 Å². The van der Waals surface area contributed by atoms with Crippen LogP contribution >= 0.6 is 0 Å². The zero-order chi connectivity index (χ0) is 8.81. The Morgan fingerprint density at radius 2 is 2.08 bits per heavy atom. The molecule has 1 nitrogen and oxygen atoms in total. The van der Waals surface area contributed by atoms with E-state index in [0.29, 0.717) is 0 Å². The van der Waals surface area contributed by atoms with Crippen LogP contribution in [0.1, 0.15) is 11.1 Å². The predicted octanol–water partition coefficient (Wildman–Crippen LogP) is 2.38. The molecule has 62 valence electrons. The molecule has 1 aromatic carbocycles. The maximum Gasteiger partial charge on any atom is 0.0400 e. The fraction of sp³-hybridized carbons (Fsp3) is 0.182. The Hall–Kier alpha value is -1.46. The van der Waals surface area contributed by atoms with E-state index in [4.69, 9.17) is 0 Å². The van der Waals surface area contributed by atoms with Crippen LogP contribution in [0, 0.1) is 6.92 Å². The molecule has 0 aliphatic carbocycles. The number of hydrogen-bond acceptors (Lipinski definition) is 1. The van der Waals surface area contributed by atoms with Crippen LogP contribution in [0.3, 0.4) is 0 Å². The Bertz CT molecular complexity index is 278. The third-order valence-electron chi connectivity index (χ3n) is 1.63. The van der Waals surface area contributed by atoms with Gasteiger partial charge in [0.15, 0.2) is 0 Å². The lowest BCUT2D eigenvalue weighted by molar-refractivity contribution is 0.871. The molecular formula is C11H13N. The Morgan fingerprint density at radius 1 is 1.42 bits per heavy atom. The summed E-state index contributed by atoms with van der Waals surface area (Å²) in [4.78, 5) is 0. The van der Waals surface area contributed by atoms with Crippen LogP contribution in [-0.2, 0) is 6.54 Å². The Labute approximate surface area is 73.4 Å². The molecule has 0 radical (unpaired) electrons. The molecule has 1 N–H and O–H groups in total. The lowest BCUT2D eigenvalue weighted by Gasteiger charge is -2.00. The number of benzene rings is 1. The highest BCUT2D eigenvalue weighted by Gasteiger charge is 1.88. The summed E-state index contributed by atoms with van der Waals surface area (Å²) in [5.74, 6) is 0. The minimum Gasteiger partial charge on any atom is -0.381 e. The van der Waals surface area contributed by atoms with Gasteiger partial charge in [-0.2, -0.15) is 0 Å². The van der Waals surface area contributed by atoms with Gasteiger partial charge in [0.05, 0.1) is 0 Å². The fourth-order valence-electron chi connectivity index (χ4n) is 0.947. The summed E-state index contributed by atoms with van der Waals surface area (Å²) < 4.78 is 0. The van der Waals surface area contributed by atoms with E-state index in [-0.39, 0.29) is 0 Å². The SMILES string of the molecule is C=C=CNCc1ccc(C)cc1. The molecule has 1 rings (SSSR count). The molecule has 12 heavy (non-hydrogen) atoms. The van der Waals surface area contributed by atoms with Crippen molar-refractivity contribution in [3.63, 3.8) is 0 Å². The second-order valence-electron chi connectivity index (χ2n) is 2.71. The summed E-state index contributed by atoms with van der Waals surface area (Å²) >= 11 is 0. The first-order valence-corrected chi connectivity index (χ1v) is 3.96.